The molecule has 1 fully saturated rings. The third-order valence-electron chi connectivity index (χ3n) is 5.33. The van der Waals surface area contributed by atoms with Crippen LogP contribution in [-0.2, 0) is 14.8 Å². The number of nitrogens with zero attached hydrogens (tertiary/aromatic N) is 2. The molecule has 1 aliphatic heterocycles. The number of ether oxygens (including phenoxy) is 1. The van der Waals surface area contributed by atoms with Crippen molar-refractivity contribution in [2.24, 2.45) is 0 Å². The molecule has 162 valence electrons. The fraction of sp³-hybridized carbons (Fsp3) is 0.435. The van der Waals surface area contributed by atoms with Gasteiger partial charge >= 0.3 is 0 Å². The highest BCUT2D eigenvalue weighted by Crippen LogP contribution is 2.21. The Hall–Kier alpha value is -2.38. The fourth-order valence-electron chi connectivity index (χ4n) is 3.69. The summed E-state index contributed by atoms with van der Waals surface area (Å²) in [5.41, 5.74) is 3.18. The Morgan fingerprint density at radius 1 is 0.933 bits per heavy atom. The van der Waals surface area contributed by atoms with Gasteiger partial charge in [0, 0.05) is 26.2 Å². The second kappa shape index (κ2) is 9.18. The predicted molar refractivity (Wildman–Crippen MR) is 117 cm³/mol. The molecule has 6 nitrogen and oxygen atoms in total. The lowest BCUT2D eigenvalue weighted by Gasteiger charge is -2.35. The van der Waals surface area contributed by atoms with Crippen molar-refractivity contribution in [1.29, 1.82) is 0 Å². The molecule has 0 bridgehead atoms. The van der Waals surface area contributed by atoms with Crippen LogP contribution in [0, 0.1) is 20.8 Å². The molecule has 1 amide bonds. The summed E-state index contributed by atoms with van der Waals surface area (Å²) < 4.78 is 33.2. The molecule has 1 aliphatic rings. The van der Waals surface area contributed by atoms with E-state index in [0.717, 1.165) is 16.7 Å². The first kappa shape index (κ1) is 22.3. The number of piperazine rings is 1. The van der Waals surface area contributed by atoms with Gasteiger partial charge in [-0.05, 0) is 62.6 Å². The Labute approximate surface area is 179 Å². The Bertz CT molecular complexity index is 974. The van der Waals surface area contributed by atoms with Gasteiger partial charge in [0.15, 0.2) is 6.10 Å². The molecule has 2 aromatic rings. The van der Waals surface area contributed by atoms with E-state index in [0.29, 0.717) is 25.3 Å². The van der Waals surface area contributed by atoms with Crippen LogP contribution in [0.2, 0.25) is 0 Å². The average molecular weight is 431 g/mol. The molecule has 0 aliphatic carbocycles. The zero-order valence-corrected chi connectivity index (χ0v) is 18.9. The second-order valence-electron chi connectivity index (χ2n) is 7.88. The Balaban J connectivity index is 1.64. The number of aryl methyl sites for hydroxylation is 3. The van der Waals surface area contributed by atoms with Gasteiger partial charge in [-0.15, -0.1) is 0 Å². The van der Waals surface area contributed by atoms with Crippen molar-refractivity contribution in [2.75, 3.05) is 26.2 Å². The molecule has 1 saturated heterocycles. The summed E-state index contributed by atoms with van der Waals surface area (Å²) >= 11 is 0. The van der Waals surface area contributed by atoms with E-state index in [4.69, 9.17) is 4.74 Å². The van der Waals surface area contributed by atoms with Crippen LogP contribution in [-0.4, -0.2) is 55.8 Å². The minimum Gasteiger partial charge on any atom is -0.481 e. The van der Waals surface area contributed by atoms with Crippen LogP contribution in [0.5, 0.6) is 5.75 Å². The first-order valence-corrected chi connectivity index (χ1v) is 11.8. The van der Waals surface area contributed by atoms with Gasteiger partial charge in [0.2, 0.25) is 10.0 Å². The summed E-state index contributed by atoms with van der Waals surface area (Å²) in [6.07, 6.45) is -0.0280. The molecule has 0 saturated carbocycles. The van der Waals surface area contributed by atoms with Gasteiger partial charge in [-0.2, -0.15) is 4.31 Å². The molecule has 0 spiro atoms. The van der Waals surface area contributed by atoms with E-state index in [1.807, 2.05) is 39.8 Å². The highest BCUT2D eigenvalue weighted by molar-refractivity contribution is 7.89. The van der Waals surface area contributed by atoms with Gasteiger partial charge in [0.05, 0.1) is 4.90 Å². The maximum absolute atomic E-state index is 13.0. The number of hydrogen-bond donors (Lipinski definition) is 0. The summed E-state index contributed by atoms with van der Waals surface area (Å²) in [5.74, 6) is 0.595. The van der Waals surface area contributed by atoms with Crippen LogP contribution in [0.1, 0.15) is 30.0 Å². The Morgan fingerprint density at radius 3 is 2.03 bits per heavy atom. The highest BCUT2D eigenvalue weighted by atomic mass is 32.2. The predicted octanol–water partition coefficient (Wildman–Crippen LogP) is 3.30. The lowest BCUT2D eigenvalue weighted by Crippen LogP contribution is -2.53. The normalized spacial score (nSPS) is 16.3. The fourth-order valence-corrected chi connectivity index (χ4v) is 5.11. The molecular weight excluding hydrogens is 400 g/mol. The van der Waals surface area contributed by atoms with Crippen LogP contribution in [0.4, 0.5) is 0 Å². The summed E-state index contributed by atoms with van der Waals surface area (Å²) in [7, 11) is -3.55. The number of benzene rings is 2. The molecular formula is C23H30N2O4S. The highest BCUT2D eigenvalue weighted by Gasteiger charge is 2.32. The van der Waals surface area contributed by atoms with Crippen LogP contribution < -0.4 is 4.74 Å². The summed E-state index contributed by atoms with van der Waals surface area (Å²) in [4.78, 5) is 15.0. The number of carbonyl (C=O) groups excluding carboxylic acids is 1. The summed E-state index contributed by atoms with van der Waals surface area (Å²) in [6, 6.07) is 12.8. The Morgan fingerprint density at radius 2 is 1.50 bits per heavy atom. The van der Waals surface area contributed by atoms with Gasteiger partial charge in [-0.1, -0.05) is 30.7 Å². The van der Waals surface area contributed by atoms with Crippen molar-refractivity contribution in [3.8, 4) is 5.75 Å². The van der Waals surface area contributed by atoms with Crippen molar-refractivity contribution in [3.63, 3.8) is 0 Å². The number of rotatable bonds is 6. The van der Waals surface area contributed by atoms with E-state index in [-0.39, 0.29) is 23.9 Å². The van der Waals surface area contributed by atoms with Crippen LogP contribution >= 0.6 is 0 Å². The molecule has 1 heterocycles. The third kappa shape index (κ3) is 5.02. The van der Waals surface area contributed by atoms with E-state index in [2.05, 4.69) is 6.07 Å². The van der Waals surface area contributed by atoms with E-state index >= 15 is 0 Å². The lowest BCUT2D eigenvalue weighted by molar-refractivity contribution is -0.140. The molecule has 0 unspecified atom stereocenters. The van der Waals surface area contributed by atoms with E-state index in [9.17, 15) is 13.2 Å². The number of carbonyl (C=O) groups is 1. The van der Waals surface area contributed by atoms with Gasteiger partial charge in [0.25, 0.3) is 5.91 Å². The van der Waals surface area contributed by atoms with Crippen molar-refractivity contribution in [2.45, 2.75) is 45.1 Å². The van der Waals surface area contributed by atoms with Crippen molar-refractivity contribution >= 4 is 15.9 Å². The number of hydrogen-bond acceptors (Lipinski definition) is 4. The second-order valence-corrected chi connectivity index (χ2v) is 9.82. The summed E-state index contributed by atoms with van der Waals surface area (Å²) in [6.45, 7) is 9.11. The van der Waals surface area contributed by atoms with Gasteiger partial charge in [-0.3, -0.25) is 4.79 Å². The standard InChI is InChI=1S/C23H30N2O4S/c1-5-22(29-20-15-18(3)14-19(4)16-20)23(26)24-10-12-25(13-11-24)30(27,28)21-8-6-17(2)7-9-21/h6-9,14-16,22H,5,10-13H2,1-4H3/t22-/m1/s1. The third-order valence-corrected chi connectivity index (χ3v) is 7.24. The van der Waals surface area contributed by atoms with Crippen molar-refractivity contribution in [3.05, 3.63) is 59.2 Å². The monoisotopic (exact) mass is 430 g/mol. The smallest absolute Gasteiger partial charge is 0.263 e. The van der Waals surface area contributed by atoms with Crippen LogP contribution in [0.15, 0.2) is 47.4 Å². The molecule has 2 aromatic carbocycles. The van der Waals surface area contributed by atoms with Crippen molar-refractivity contribution in [1.82, 2.24) is 9.21 Å². The molecule has 30 heavy (non-hydrogen) atoms. The first-order valence-electron chi connectivity index (χ1n) is 10.3. The molecule has 1 atom stereocenters. The minimum atomic E-state index is -3.55. The number of sulfonamides is 1. The lowest BCUT2D eigenvalue weighted by atomic mass is 10.1. The van der Waals surface area contributed by atoms with Gasteiger partial charge < -0.3 is 9.64 Å². The quantitative estimate of drug-likeness (QED) is 0.705. The molecule has 0 aromatic heterocycles. The average Bonchev–Trinajstić information content (AvgIpc) is 2.71. The topological polar surface area (TPSA) is 66.9 Å². The van der Waals surface area contributed by atoms with E-state index in [1.165, 1.54) is 4.31 Å². The molecule has 3 rings (SSSR count). The van der Waals surface area contributed by atoms with Crippen LogP contribution in [0.3, 0.4) is 0 Å². The van der Waals surface area contributed by atoms with Crippen LogP contribution in [0.25, 0.3) is 0 Å². The Kier molecular flexibility index (Phi) is 6.83. The van der Waals surface area contributed by atoms with Crippen molar-refractivity contribution < 1.29 is 17.9 Å². The largest absolute Gasteiger partial charge is 0.481 e. The molecule has 0 radical (unpaired) electrons. The van der Waals surface area contributed by atoms with E-state index in [1.54, 1.807) is 29.2 Å². The summed E-state index contributed by atoms with van der Waals surface area (Å²) in [5, 5.41) is 0. The number of amides is 1. The SMILES string of the molecule is CC[C@@H](Oc1cc(C)cc(C)c1)C(=O)N1CCN(S(=O)(=O)c2ccc(C)cc2)CC1. The first-order chi connectivity index (χ1) is 14.2. The minimum absolute atomic E-state index is 0.0935. The molecule has 0 N–H and O–H groups in total. The van der Waals surface area contributed by atoms with E-state index < -0.39 is 16.1 Å². The maximum atomic E-state index is 13.0. The zero-order valence-electron chi connectivity index (χ0n) is 18.1. The van der Waals surface area contributed by atoms with Gasteiger partial charge in [-0.25, -0.2) is 8.42 Å². The van der Waals surface area contributed by atoms with Gasteiger partial charge in [0.1, 0.15) is 5.75 Å². The molecule has 7 heteroatoms. The maximum Gasteiger partial charge on any atom is 0.263 e. The zero-order chi connectivity index (χ0) is 21.9.